The Balaban J connectivity index is 2.50. The molecule has 2 heteroatoms. The number of aromatic nitrogens is 1. The van der Waals surface area contributed by atoms with Gasteiger partial charge in [-0.15, -0.1) is 0 Å². The van der Waals surface area contributed by atoms with Gasteiger partial charge in [-0.3, -0.25) is 0 Å². The normalized spacial score (nSPS) is 13.4. The van der Waals surface area contributed by atoms with Gasteiger partial charge in [0.25, 0.3) is 0 Å². The molecule has 1 aromatic rings. The molecule has 0 aromatic carbocycles. The summed E-state index contributed by atoms with van der Waals surface area (Å²) in [7, 11) is 2.03. The van der Waals surface area contributed by atoms with Crippen LogP contribution in [0, 0.1) is 0 Å². The van der Waals surface area contributed by atoms with E-state index in [-0.39, 0.29) is 0 Å². The zero-order valence-electron chi connectivity index (χ0n) is 7.25. The van der Waals surface area contributed by atoms with Crippen molar-refractivity contribution in [2.24, 2.45) is 12.8 Å². The zero-order valence-corrected chi connectivity index (χ0v) is 7.25. The monoisotopic (exact) mass is 152 g/mol. The Morgan fingerprint density at radius 1 is 1.64 bits per heavy atom. The van der Waals surface area contributed by atoms with Crippen molar-refractivity contribution in [3.05, 3.63) is 24.0 Å². The maximum absolute atomic E-state index is 5.80. The van der Waals surface area contributed by atoms with Crippen molar-refractivity contribution < 1.29 is 0 Å². The molecular weight excluding hydrogens is 136 g/mol. The van der Waals surface area contributed by atoms with Gasteiger partial charge < -0.3 is 10.3 Å². The second-order valence-electron chi connectivity index (χ2n) is 3.06. The van der Waals surface area contributed by atoms with E-state index in [1.54, 1.807) is 0 Å². The van der Waals surface area contributed by atoms with Crippen molar-refractivity contribution in [3.8, 4) is 0 Å². The summed E-state index contributed by atoms with van der Waals surface area (Å²) in [6.07, 6.45) is 6.22. The smallest absolute Gasteiger partial charge is 0.0106 e. The Kier molecular flexibility index (Phi) is 2.71. The van der Waals surface area contributed by atoms with Crippen molar-refractivity contribution in [2.45, 2.75) is 25.8 Å². The third-order valence-electron chi connectivity index (χ3n) is 1.92. The first-order chi connectivity index (χ1) is 5.22. The maximum Gasteiger partial charge on any atom is 0.0106 e. The first-order valence-corrected chi connectivity index (χ1v) is 4.08. The molecule has 62 valence electrons. The van der Waals surface area contributed by atoms with Crippen LogP contribution in [-0.2, 0) is 13.5 Å². The molecule has 11 heavy (non-hydrogen) atoms. The van der Waals surface area contributed by atoms with E-state index in [4.69, 9.17) is 5.73 Å². The lowest BCUT2D eigenvalue weighted by Crippen LogP contribution is -2.20. The lowest BCUT2D eigenvalue weighted by Gasteiger charge is -2.05. The predicted molar refractivity (Wildman–Crippen MR) is 47.4 cm³/mol. The van der Waals surface area contributed by atoms with E-state index in [1.807, 2.05) is 7.05 Å². The molecule has 0 spiro atoms. The number of hydrogen-bond donors (Lipinski definition) is 1. The Morgan fingerprint density at radius 2 is 2.36 bits per heavy atom. The fourth-order valence-corrected chi connectivity index (χ4v) is 1.13. The highest BCUT2D eigenvalue weighted by Gasteiger charge is 2.01. The number of rotatable bonds is 3. The molecule has 1 unspecified atom stereocenters. The van der Waals surface area contributed by atoms with Crippen LogP contribution < -0.4 is 5.73 Å². The number of nitrogens with two attached hydrogens (primary N) is 1. The maximum atomic E-state index is 5.80. The van der Waals surface area contributed by atoms with E-state index in [0.29, 0.717) is 6.04 Å². The van der Waals surface area contributed by atoms with Gasteiger partial charge in [-0.05, 0) is 24.5 Å². The molecule has 0 bridgehead atoms. The molecule has 2 N–H and O–H groups in total. The lowest BCUT2D eigenvalue weighted by molar-refractivity contribution is 0.646. The third-order valence-corrected chi connectivity index (χ3v) is 1.92. The van der Waals surface area contributed by atoms with Crippen LogP contribution in [-0.4, -0.2) is 10.6 Å². The Hall–Kier alpha value is -0.760. The SMILES string of the molecule is CCC(N)Cc1ccn(C)c1. The fraction of sp³-hybridized carbons (Fsp3) is 0.556. The summed E-state index contributed by atoms with van der Waals surface area (Å²) in [5.41, 5.74) is 7.14. The molecule has 0 aliphatic carbocycles. The van der Waals surface area contributed by atoms with Crippen LogP contribution in [0.4, 0.5) is 0 Å². The van der Waals surface area contributed by atoms with Crippen molar-refractivity contribution in [2.75, 3.05) is 0 Å². The molecule has 0 aliphatic rings. The van der Waals surface area contributed by atoms with Gasteiger partial charge in [-0.25, -0.2) is 0 Å². The molecule has 1 heterocycles. The topological polar surface area (TPSA) is 30.9 Å². The standard InChI is InChI=1S/C9H16N2/c1-3-9(10)6-8-4-5-11(2)7-8/h4-5,7,9H,3,6,10H2,1-2H3. The lowest BCUT2D eigenvalue weighted by atomic mass is 10.1. The van der Waals surface area contributed by atoms with Gasteiger partial charge in [0.15, 0.2) is 0 Å². The van der Waals surface area contributed by atoms with E-state index >= 15 is 0 Å². The van der Waals surface area contributed by atoms with E-state index < -0.39 is 0 Å². The van der Waals surface area contributed by atoms with Gasteiger partial charge >= 0.3 is 0 Å². The fourth-order valence-electron chi connectivity index (χ4n) is 1.13. The zero-order chi connectivity index (χ0) is 8.27. The summed E-state index contributed by atoms with van der Waals surface area (Å²) >= 11 is 0. The van der Waals surface area contributed by atoms with Crippen LogP contribution in [0.15, 0.2) is 18.5 Å². The summed E-state index contributed by atoms with van der Waals surface area (Å²) in [6, 6.07) is 2.44. The van der Waals surface area contributed by atoms with Gasteiger partial charge in [0.1, 0.15) is 0 Å². The molecule has 1 aromatic heterocycles. The van der Waals surface area contributed by atoms with Gasteiger partial charge in [0.05, 0.1) is 0 Å². The molecule has 1 rings (SSSR count). The second-order valence-corrected chi connectivity index (χ2v) is 3.06. The van der Waals surface area contributed by atoms with Gasteiger partial charge in [0.2, 0.25) is 0 Å². The van der Waals surface area contributed by atoms with Crippen molar-refractivity contribution >= 4 is 0 Å². The highest BCUT2D eigenvalue weighted by Crippen LogP contribution is 2.03. The van der Waals surface area contributed by atoms with Gasteiger partial charge in [-0.1, -0.05) is 6.92 Å². The minimum atomic E-state index is 0.317. The average Bonchev–Trinajstić information content (AvgIpc) is 2.35. The summed E-state index contributed by atoms with van der Waals surface area (Å²) in [6.45, 7) is 2.12. The molecular formula is C9H16N2. The Morgan fingerprint density at radius 3 is 2.82 bits per heavy atom. The van der Waals surface area contributed by atoms with Crippen LogP contribution in [0.25, 0.3) is 0 Å². The van der Waals surface area contributed by atoms with E-state index in [1.165, 1.54) is 5.56 Å². The Bertz CT molecular complexity index is 215. The quantitative estimate of drug-likeness (QED) is 0.695. The molecule has 0 amide bonds. The first-order valence-electron chi connectivity index (χ1n) is 4.08. The molecule has 0 fully saturated rings. The highest BCUT2D eigenvalue weighted by molar-refractivity contribution is 5.11. The van der Waals surface area contributed by atoms with Crippen LogP contribution >= 0.6 is 0 Å². The number of hydrogen-bond acceptors (Lipinski definition) is 1. The van der Waals surface area contributed by atoms with E-state index in [9.17, 15) is 0 Å². The largest absolute Gasteiger partial charge is 0.357 e. The minimum Gasteiger partial charge on any atom is -0.357 e. The molecule has 0 saturated heterocycles. The summed E-state index contributed by atoms with van der Waals surface area (Å²) in [5, 5.41) is 0. The first kappa shape index (κ1) is 8.34. The summed E-state index contributed by atoms with van der Waals surface area (Å²) in [5.74, 6) is 0. The second kappa shape index (κ2) is 3.58. The average molecular weight is 152 g/mol. The summed E-state index contributed by atoms with van der Waals surface area (Å²) in [4.78, 5) is 0. The molecule has 2 nitrogen and oxygen atoms in total. The van der Waals surface area contributed by atoms with Gasteiger partial charge in [-0.2, -0.15) is 0 Å². The van der Waals surface area contributed by atoms with Crippen LogP contribution in [0.3, 0.4) is 0 Å². The molecule has 0 radical (unpaired) electrons. The van der Waals surface area contributed by atoms with Gasteiger partial charge in [0, 0.05) is 25.5 Å². The van der Waals surface area contributed by atoms with Crippen molar-refractivity contribution in [3.63, 3.8) is 0 Å². The highest BCUT2D eigenvalue weighted by atomic mass is 14.9. The molecule has 0 saturated carbocycles. The van der Waals surface area contributed by atoms with E-state index in [0.717, 1.165) is 12.8 Å². The van der Waals surface area contributed by atoms with Crippen LogP contribution in [0.2, 0.25) is 0 Å². The van der Waals surface area contributed by atoms with Crippen LogP contribution in [0.5, 0.6) is 0 Å². The Labute approximate surface area is 68.0 Å². The van der Waals surface area contributed by atoms with E-state index in [2.05, 4.69) is 30.0 Å². The van der Waals surface area contributed by atoms with Crippen molar-refractivity contribution in [1.82, 2.24) is 4.57 Å². The molecule has 0 aliphatic heterocycles. The number of aryl methyl sites for hydroxylation is 1. The predicted octanol–water partition coefficient (Wildman–Crippen LogP) is 1.30. The summed E-state index contributed by atoms with van der Waals surface area (Å²) < 4.78 is 2.05. The molecule has 1 atom stereocenters. The minimum absolute atomic E-state index is 0.317. The van der Waals surface area contributed by atoms with Crippen molar-refractivity contribution in [1.29, 1.82) is 0 Å². The third kappa shape index (κ3) is 2.39. The number of nitrogens with zero attached hydrogens (tertiary/aromatic N) is 1. The van der Waals surface area contributed by atoms with Crippen LogP contribution in [0.1, 0.15) is 18.9 Å².